The molecule has 1 heterocycles. The number of aliphatic hydroxyl groups is 1. The van der Waals surface area contributed by atoms with Crippen molar-refractivity contribution >= 4 is 0 Å². The second-order valence-electron chi connectivity index (χ2n) is 4.39. The lowest BCUT2D eigenvalue weighted by Gasteiger charge is -2.22. The summed E-state index contributed by atoms with van der Waals surface area (Å²) in [7, 11) is 1.59. The number of hydrogen-bond donors (Lipinski definition) is 1. The summed E-state index contributed by atoms with van der Waals surface area (Å²) in [4.78, 5) is 0. The van der Waals surface area contributed by atoms with Crippen molar-refractivity contribution in [3.8, 4) is 0 Å². The van der Waals surface area contributed by atoms with Gasteiger partial charge in [-0.25, -0.2) is 4.68 Å². The van der Waals surface area contributed by atoms with Crippen molar-refractivity contribution in [1.29, 1.82) is 0 Å². The van der Waals surface area contributed by atoms with Crippen LogP contribution in [0.25, 0.3) is 0 Å². The van der Waals surface area contributed by atoms with Gasteiger partial charge in [0.05, 0.1) is 11.9 Å². The smallest absolute Gasteiger partial charge is 0.127 e. The monoisotopic (exact) mass is 261 g/mol. The Balaban J connectivity index is 2.25. The minimum atomic E-state index is -0.783. The first-order valence-corrected chi connectivity index (χ1v) is 6.42. The summed E-state index contributed by atoms with van der Waals surface area (Å²) in [6.45, 7) is 2.79. The lowest BCUT2D eigenvalue weighted by Crippen LogP contribution is -2.17. The van der Waals surface area contributed by atoms with Gasteiger partial charge in [0.25, 0.3) is 0 Å². The molecule has 0 bridgehead atoms. The van der Waals surface area contributed by atoms with Gasteiger partial charge in [0.15, 0.2) is 0 Å². The molecule has 5 heteroatoms. The number of rotatable bonds is 6. The minimum Gasteiger partial charge on any atom is -0.384 e. The predicted octanol–water partition coefficient (Wildman–Crippen LogP) is 2.11. The molecule has 0 fully saturated rings. The van der Waals surface area contributed by atoms with Crippen LogP contribution in [0.2, 0.25) is 0 Å². The third kappa shape index (κ3) is 3.00. The summed E-state index contributed by atoms with van der Waals surface area (Å²) < 4.78 is 7.16. The molecule has 1 aromatic heterocycles. The van der Waals surface area contributed by atoms with Crippen LogP contribution >= 0.6 is 0 Å². The topological polar surface area (TPSA) is 60.2 Å². The van der Waals surface area contributed by atoms with Gasteiger partial charge in [-0.1, -0.05) is 42.5 Å². The van der Waals surface area contributed by atoms with Crippen LogP contribution in [0.4, 0.5) is 0 Å². The van der Waals surface area contributed by atoms with E-state index in [1.54, 1.807) is 18.0 Å². The van der Waals surface area contributed by atoms with Gasteiger partial charge in [0, 0.05) is 13.7 Å². The number of aromatic nitrogens is 3. The summed E-state index contributed by atoms with van der Waals surface area (Å²) in [5, 5.41) is 18.4. The minimum absolute atomic E-state index is 0.421. The molecule has 0 saturated carbocycles. The molecule has 1 aromatic carbocycles. The predicted molar refractivity (Wildman–Crippen MR) is 71.5 cm³/mol. The van der Waals surface area contributed by atoms with Gasteiger partial charge in [-0.15, -0.1) is 5.10 Å². The molecule has 2 unspecified atom stereocenters. The molecule has 0 aliphatic carbocycles. The molecule has 0 saturated heterocycles. The van der Waals surface area contributed by atoms with Gasteiger partial charge < -0.3 is 9.84 Å². The fourth-order valence-electron chi connectivity index (χ4n) is 2.13. The number of benzene rings is 1. The van der Waals surface area contributed by atoms with Crippen LogP contribution in [-0.2, 0) is 11.3 Å². The van der Waals surface area contributed by atoms with Gasteiger partial charge in [-0.05, 0) is 12.0 Å². The first-order valence-electron chi connectivity index (χ1n) is 6.42. The van der Waals surface area contributed by atoms with Gasteiger partial charge in [0.2, 0.25) is 0 Å². The van der Waals surface area contributed by atoms with E-state index in [2.05, 4.69) is 17.2 Å². The highest BCUT2D eigenvalue weighted by atomic mass is 16.5. The SMILES string of the molecule is CCCn1nncc1C(O)C(OC)c1ccccc1. The first kappa shape index (κ1) is 13.7. The Bertz CT molecular complexity index is 498. The second kappa shape index (κ2) is 6.45. The maximum atomic E-state index is 10.5. The van der Waals surface area contributed by atoms with E-state index < -0.39 is 12.2 Å². The fraction of sp³-hybridized carbons (Fsp3) is 0.429. The molecule has 0 radical (unpaired) electrons. The summed E-state index contributed by atoms with van der Waals surface area (Å²) in [5.41, 5.74) is 1.61. The number of hydrogen-bond acceptors (Lipinski definition) is 4. The number of aryl methyl sites for hydroxylation is 1. The molecule has 2 rings (SSSR count). The van der Waals surface area contributed by atoms with E-state index in [1.807, 2.05) is 30.3 Å². The lowest BCUT2D eigenvalue weighted by atomic mass is 10.0. The highest BCUT2D eigenvalue weighted by Gasteiger charge is 2.25. The largest absolute Gasteiger partial charge is 0.384 e. The van der Waals surface area contributed by atoms with Crippen molar-refractivity contribution < 1.29 is 9.84 Å². The molecular formula is C14H19N3O2. The van der Waals surface area contributed by atoms with Crippen LogP contribution in [0.15, 0.2) is 36.5 Å². The van der Waals surface area contributed by atoms with Crippen molar-refractivity contribution in [3.63, 3.8) is 0 Å². The van der Waals surface area contributed by atoms with Crippen molar-refractivity contribution in [2.75, 3.05) is 7.11 Å². The highest BCUT2D eigenvalue weighted by molar-refractivity contribution is 5.21. The van der Waals surface area contributed by atoms with Crippen LogP contribution in [0.3, 0.4) is 0 Å². The van der Waals surface area contributed by atoms with E-state index in [-0.39, 0.29) is 0 Å². The van der Waals surface area contributed by atoms with E-state index in [0.717, 1.165) is 18.5 Å². The van der Waals surface area contributed by atoms with Crippen LogP contribution < -0.4 is 0 Å². The second-order valence-corrected chi connectivity index (χ2v) is 4.39. The number of nitrogens with zero attached hydrogens (tertiary/aromatic N) is 3. The number of aliphatic hydroxyl groups excluding tert-OH is 1. The molecule has 2 atom stereocenters. The number of methoxy groups -OCH3 is 1. The molecule has 102 valence electrons. The van der Waals surface area contributed by atoms with Crippen molar-refractivity contribution in [1.82, 2.24) is 15.0 Å². The molecule has 19 heavy (non-hydrogen) atoms. The van der Waals surface area contributed by atoms with E-state index in [0.29, 0.717) is 5.69 Å². The van der Waals surface area contributed by atoms with Crippen LogP contribution in [0.1, 0.15) is 36.8 Å². The lowest BCUT2D eigenvalue weighted by molar-refractivity contribution is -0.0192. The van der Waals surface area contributed by atoms with Gasteiger partial charge in [-0.3, -0.25) is 0 Å². The van der Waals surface area contributed by atoms with E-state index in [4.69, 9.17) is 4.74 Å². The summed E-state index contributed by atoms with van der Waals surface area (Å²) in [6.07, 6.45) is 1.32. The first-order chi connectivity index (χ1) is 9.27. The molecule has 0 amide bonds. The molecule has 0 aliphatic heterocycles. The summed E-state index contributed by atoms with van der Waals surface area (Å²) >= 11 is 0. The average Bonchev–Trinajstić information content (AvgIpc) is 2.89. The average molecular weight is 261 g/mol. The van der Waals surface area contributed by atoms with E-state index in [9.17, 15) is 5.11 Å². The molecule has 2 aromatic rings. The zero-order valence-corrected chi connectivity index (χ0v) is 11.2. The Morgan fingerprint density at radius 3 is 2.68 bits per heavy atom. The zero-order valence-electron chi connectivity index (χ0n) is 11.2. The van der Waals surface area contributed by atoms with Crippen molar-refractivity contribution in [2.45, 2.75) is 32.1 Å². The normalized spacial score (nSPS) is 14.3. The molecule has 1 N–H and O–H groups in total. The van der Waals surface area contributed by atoms with Gasteiger partial charge >= 0.3 is 0 Å². The fourth-order valence-corrected chi connectivity index (χ4v) is 2.13. The standard InChI is InChI=1S/C14H19N3O2/c1-3-9-17-12(10-15-16-17)13(18)14(19-2)11-7-5-4-6-8-11/h4-8,10,13-14,18H,3,9H2,1-2H3. The van der Waals surface area contributed by atoms with Crippen molar-refractivity contribution in [2.24, 2.45) is 0 Å². The third-order valence-corrected chi connectivity index (χ3v) is 3.05. The maximum absolute atomic E-state index is 10.5. The third-order valence-electron chi connectivity index (χ3n) is 3.05. The maximum Gasteiger partial charge on any atom is 0.127 e. The van der Waals surface area contributed by atoms with Gasteiger partial charge in [-0.2, -0.15) is 0 Å². The van der Waals surface area contributed by atoms with Crippen molar-refractivity contribution in [3.05, 3.63) is 47.8 Å². The van der Waals surface area contributed by atoms with Crippen LogP contribution in [-0.4, -0.2) is 27.2 Å². The Morgan fingerprint density at radius 2 is 2.05 bits per heavy atom. The number of ether oxygens (including phenoxy) is 1. The molecule has 0 aliphatic rings. The summed E-state index contributed by atoms with van der Waals surface area (Å²) in [5.74, 6) is 0. The van der Waals surface area contributed by atoms with E-state index >= 15 is 0 Å². The Labute approximate surface area is 112 Å². The molecule has 0 spiro atoms. The quantitative estimate of drug-likeness (QED) is 0.865. The van der Waals surface area contributed by atoms with Gasteiger partial charge in [0.1, 0.15) is 12.2 Å². The Kier molecular flexibility index (Phi) is 4.65. The van der Waals surface area contributed by atoms with E-state index in [1.165, 1.54) is 0 Å². The summed E-state index contributed by atoms with van der Waals surface area (Å²) in [6, 6.07) is 9.66. The Hall–Kier alpha value is -1.72. The Morgan fingerprint density at radius 1 is 1.32 bits per heavy atom. The highest BCUT2D eigenvalue weighted by Crippen LogP contribution is 2.30. The molecule has 5 nitrogen and oxygen atoms in total. The zero-order chi connectivity index (χ0) is 13.7. The van der Waals surface area contributed by atoms with Crippen LogP contribution in [0.5, 0.6) is 0 Å². The molecular weight excluding hydrogens is 242 g/mol. The van der Waals surface area contributed by atoms with Crippen LogP contribution in [0, 0.1) is 0 Å².